The Labute approximate surface area is 99.2 Å². The minimum atomic E-state index is -0.862. The van der Waals surface area contributed by atoms with Crippen molar-refractivity contribution < 1.29 is 14.6 Å². The molecule has 1 heterocycles. The normalized spacial score (nSPS) is 12.6. The summed E-state index contributed by atoms with van der Waals surface area (Å²) in [6.45, 7) is 6.08. The monoisotopic (exact) mass is 243 g/mol. The molecule has 5 heteroatoms. The molecule has 0 aliphatic heterocycles. The van der Waals surface area contributed by atoms with Crippen molar-refractivity contribution in [3.05, 3.63) is 21.9 Å². The van der Waals surface area contributed by atoms with E-state index in [4.69, 9.17) is 9.84 Å². The minimum Gasteiger partial charge on any atom is -0.477 e. The van der Waals surface area contributed by atoms with Gasteiger partial charge in [0.2, 0.25) is 0 Å². The van der Waals surface area contributed by atoms with Crippen LogP contribution in [-0.2, 0) is 11.3 Å². The van der Waals surface area contributed by atoms with Crippen molar-refractivity contribution in [1.29, 1.82) is 0 Å². The van der Waals surface area contributed by atoms with Gasteiger partial charge in [-0.1, -0.05) is 0 Å². The lowest BCUT2D eigenvalue weighted by Crippen LogP contribution is -2.29. The van der Waals surface area contributed by atoms with Crippen LogP contribution in [0.25, 0.3) is 0 Å². The second-order valence-corrected chi connectivity index (χ2v) is 4.68. The van der Waals surface area contributed by atoms with E-state index < -0.39 is 5.97 Å². The molecule has 0 aliphatic carbocycles. The van der Waals surface area contributed by atoms with Gasteiger partial charge in [-0.05, 0) is 26.0 Å². The predicted molar refractivity (Wildman–Crippen MR) is 64.1 cm³/mol. The van der Waals surface area contributed by atoms with Crippen molar-refractivity contribution in [2.45, 2.75) is 26.4 Å². The van der Waals surface area contributed by atoms with Gasteiger partial charge in [0.05, 0.1) is 6.61 Å². The first-order valence-corrected chi connectivity index (χ1v) is 6.08. The van der Waals surface area contributed by atoms with Gasteiger partial charge in [0, 0.05) is 24.1 Å². The van der Waals surface area contributed by atoms with Gasteiger partial charge in [-0.2, -0.15) is 0 Å². The smallest absolute Gasteiger partial charge is 0.345 e. The summed E-state index contributed by atoms with van der Waals surface area (Å²) in [5, 5.41) is 12.0. The van der Waals surface area contributed by atoms with Gasteiger partial charge < -0.3 is 15.2 Å². The predicted octanol–water partition coefficient (Wildman–Crippen LogP) is 1.96. The second-order valence-electron chi connectivity index (χ2n) is 3.51. The Bertz CT molecular complexity index is 338. The van der Waals surface area contributed by atoms with Crippen LogP contribution >= 0.6 is 11.3 Å². The van der Waals surface area contributed by atoms with Crippen LogP contribution in [0.1, 0.15) is 28.4 Å². The fourth-order valence-electron chi connectivity index (χ4n) is 1.22. The van der Waals surface area contributed by atoms with Gasteiger partial charge in [-0.15, -0.1) is 11.3 Å². The highest BCUT2D eigenvalue weighted by atomic mass is 32.1. The Balaban J connectivity index is 2.33. The Hall–Kier alpha value is -0.910. The van der Waals surface area contributed by atoms with E-state index in [1.54, 1.807) is 6.07 Å². The van der Waals surface area contributed by atoms with Crippen LogP contribution < -0.4 is 5.32 Å². The van der Waals surface area contributed by atoms with Crippen molar-refractivity contribution >= 4 is 17.3 Å². The first kappa shape index (κ1) is 13.2. The summed E-state index contributed by atoms with van der Waals surface area (Å²) in [6, 6.07) is 3.75. The van der Waals surface area contributed by atoms with Crippen LogP contribution in [0, 0.1) is 0 Å². The summed E-state index contributed by atoms with van der Waals surface area (Å²) in [7, 11) is 0. The molecular formula is C11H17NO3S. The molecule has 0 radical (unpaired) electrons. The summed E-state index contributed by atoms with van der Waals surface area (Å²) >= 11 is 1.30. The number of nitrogens with one attached hydrogen (secondary N) is 1. The SMILES string of the molecule is CCOCC(C)NCc1ccc(C(=O)O)s1. The van der Waals surface area contributed by atoms with E-state index in [1.807, 2.05) is 19.9 Å². The van der Waals surface area contributed by atoms with E-state index >= 15 is 0 Å². The average Bonchev–Trinajstić information content (AvgIpc) is 2.72. The molecule has 0 bridgehead atoms. The lowest BCUT2D eigenvalue weighted by molar-refractivity contribution is 0.0702. The molecule has 1 atom stereocenters. The van der Waals surface area contributed by atoms with Crippen LogP contribution in [0.2, 0.25) is 0 Å². The van der Waals surface area contributed by atoms with E-state index in [9.17, 15) is 4.79 Å². The highest BCUT2D eigenvalue weighted by Crippen LogP contribution is 2.16. The molecule has 0 amide bonds. The van der Waals surface area contributed by atoms with E-state index in [-0.39, 0.29) is 6.04 Å². The molecule has 2 N–H and O–H groups in total. The Morgan fingerprint density at radius 2 is 2.38 bits per heavy atom. The zero-order valence-corrected chi connectivity index (χ0v) is 10.3. The number of ether oxygens (including phenoxy) is 1. The summed E-state index contributed by atoms with van der Waals surface area (Å²) in [5.74, 6) is -0.862. The van der Waals surface area contributed by atoms with E-state index in [0.717, 1.165) is 4.88 Å². The van der Waals surface area contributed by atoms with Crippen molar-refractivity contribution in [2.24, 2.45) is 0 Å². The number of hydrogen-bond donors (Lipinski definition) is 2. The van der Waals surface area contributed by atoms with E-state index in [2.05, 4.69) is 5.32 Å². The van der Waals surface area contributed by atoms with Crippen LogP contribution in [0.15, 0.2) is 12.1 Å². The van der Waals surface area contributed by atoms with E-state index in [0.29, 0.717) is 24.6 Å². The third-order valence-electron chi connectivity index (χ3n) is 2.07. The Morgan fingerprint density at radius 3 is 2.94 bits per heavy atom. The first-order chi connectivity index (χ1) is 7.63. The number of rotatable bonds is 7. The third kappa shape index (κ3) is 4.30. The number of thiophene rings is 1. The van der Waals surface area contributed by atoms with Crippen LogP contribution in [0.4, 0.5) is 0 Å². The number of hydrogen-bond acceptors (Lipinski definition) is 4. The molecule has 1 rings (SSSR count). The first-order valence-electron chi connectivity index (χ1n) is 5.26. The highest BCUT2D eigenvalue weighted by Gasteiger charge is 2.07. The molecule has 0 saturated heterocycles. The molecule has 1 unspecified atom stereocenters. The van der Waals surface area contributed by atoms with Crippen molar-refractivity contribution in [3.63, 3.8) is 0 Å². The molecule has 0 aliphatic rings. The molecule has 0 fully saturated rings. The molecule has 4 nitrogen and oxygen atoms in total. The van der Waals surface area contributed by atoms with Gasteiger partial charge in [-0.25, -0.2) is 4.79 Å². The van der Waals surface area contributed by atoms with Crippen LogP contribution in [0.5, 0.6) is 0 Å². The maximum Gasteiger partial charge on any atom is 0.345 e. The summed E-state index contributed by atoms with van der Waals surface area (Å²) < 4.78 is 5.27. The Morgan fingerprint density at radius 1 is 1.62 bits per heavy atom. The topological polar surface area (TPSA) is 58.6 Å². The average molecular weight is 243 g/mol. The molecule has 0 saturated carbocycles. The lowest BCUT2D eigenvalue weighted by atomic mass is 10.3. The molecule has 1 aromatic heterocycles. The zero-order valence-electron chi connectivity index (χ0n) is 9.53. The van der Waals surface area contributed by atoms with Crippen LogP contribution in [0.3, 0.4) is 0 Å². The van der Waals surface area contributed by atoms with Gasteiger partial charge in [0.1, 0.15) is 4.88 Å². The third-order valence-corrected chi connectivity index (χ3v) is 3.14. The molecule has 0 spiro atoms. The lowest BCUT2D eigenvalue weighted by Gasteiger charge is -2.12. The van der Waals surface area contributed by atoms with Gasteiger partial charge in [-0.3, -0.25) is 0 Å². The van der Waals surface area contributed by atoms with Crippen LogP contribution in [-0.4, -0.2) is 30.3 Å². The number of carbonyl (C=O) groups is 1. The molecule has 90 valence electrons. The highest BCUT2D eigenvalue weighted by molar-refractivity contribution is 7.13. The standard InChI is InChI=1S/C11H17NO3S/c1-3-15-7-8(2)12-6-9-4-5-10(16-9)11(13)14/h4-5,8,12H,3,6-7H2,1-2H3,(H,13,14). The van der Waals surface area contributed by atoms with Gasteiger partial charge in [0.25, 0.3) is 0 Å². The Kier molecular flexibility index (Phi) is 5.45. The summed E-state index contributed by atoms with van der Waals surface area (Å²) in [4.78, 5) is 12.1. The quantitative estimate of drug-likeness (QED) is 0.768. The van der Waals surface area contributed by atoms with E-state index in [1.165, 1.54) is 11.3 Å². The maximum atomic E-state index is 10.7. The number of carboxylic acids is 1. The van der Waals surface area contributed by atoms with Crippen molar-refractivity contribution in [3.8, 4) is 0 Å². The number of aromatic carboxylic acids is 1. The fraction of sp³-hybridized carbons (Fsp3) is 0.545. The summed E-state index contributed by atoms with van der Waals surface area (Å²) in [5.41, 5.74) is 0. The van der Waals surface area contributed by atoms with Gasteiger partial charge in [0.15, 0.2) is 0 Å². The molecule has 0 aromatic carbocycles. The van der Waals surface area contributed by atoms with Crippen molar-refractivity contribution in [2.75, 3.05) is 13.2 Å². The number of carboxylic acid groups (broad SMARTS) is 1. The molecule has 1 aromatic rings. The zero-order chi connectivity index (χ0) is 12.0. The molecular weight excluding hydrogens is 226 g/mol. The van der Waals surface area contributed by atoms with Gasteiger partial charge >= 0.3 is 5.97 Å². The largest absolute Gasteiger partial charge is 0.477 e. The summed E-state index contributed by atoms with van der Waals surface area (Å²) in [6.07, 6.45) is 0. The fourth-order valence-corrected chi connectivity index (χ4v) is 2.01. The maximum absolute atomic E-state index is 10.7. The minimum absolute atomic E-state index is 0.273. The second kappa shape index (κ2) is 6.62. The molecule has 16 heavy (non-hydrogen) atoms. The van der Waals surface area contributed by atoms with Crippen molar-refractivity contribution in [1.82, 2.24) is 5.32 Å².